The van der Waals surface area contributed by atoms with Crippen molar-refractivity contribution >= 4 is 17.5 Å². The molecule has 1 heterocycles. The molecule has 7 nitrogen and oxygen atoms in total. The quantitative estimate of drug-likeness (QED) is 0.498. The molecule has 2 unspecified atom stereocenters. The fourth-order valence-electron chi connectivity index (χ4n) is 3.37. The van der Waals surface area contributed by atoms with Crippen molar-refractivity contribution in [2.24, 2.45) is 0 Å². The SMILES string of the molecule is COc1cccc(NC(=O)C[NH+]2CCC[NH+](CC(=O)NC(C)(C)C)CC2)c1. The van der Waals surface area contributed by atoms with E-state index in [4.69, 9.17) is 4.74 Å². The van der Waals surface area contributed by atoms with Gasteiger partial charge in [0.1, 0.15) is 18.8 Å². The van der Waals surface area contributed by atoms with Crippen LogP contribution in [0.1, 0.15) is 27.2 Å². The van der Waals surface area contributed by atoms with Gasteiger partial charge in [-0.25, -0.2) is 0 Å². The molecule has 1 aromatic rings. The van der Waals surface area contributed by atoms with Crippen LogP contribution in [0.4, 0.5) is 5.69 Å². The zero-order chi connectivity index (χ0) is 19.9. The lowest BCUT2D eigenvalue weighted by Crippen LogP contribution is -3.18. The molecule has 27 heavy (non-hydrogen) atoms. The average molecular weight is 379 g/mol. The van der Waals surface area contributed by atoms with Crippen molar-refractivity contribution in [3.8, 4) is 5.75 Å². The molecule has 2 rings (SSSR count). The maximum absolute atomic E-state index is 12.4. The highest BCUT2D eigenvalue weighted by Crippen LogP contribution is 2.16. The average Bonchev–Trinajstić information content (AvgIpc) is 2.78. The minimum atomic E-state index is -0.197. The van der Waals surface area contributed by atoms with Gasteiger partial charge in [-0.2, -0.15) is 0 Å². The van der Waals surface area contributed by atoms with E-state index in [0.717, 1.165) is 44.0 Å². The third-order valence-corrected chi connectivity index (χ3v) is 4.58. The predicted molar refractivity (Wildman–Crippen MR) is 105 cm³/mol. The molecule has 0 aromatic heterocycles. The molecule has 7 heteroatoms. The summed E-state index contributed by atoms with van der Waals surface area (Å²) < 4.78 is 5.18. The minimum Gasteiger partial charge on any atom is -0.497 e. The summed E-state index contributed by atoms with van der Waals surface area (Å²) in [4.78, 5) is 27.1. The molecule has 1 aliphatic rings. The number of hydrogen-bond acceptors (Lipinski definition) is 3. The van der Waals surface area contributed by atoms with Crippen molar-refractivity contribution in [1.82, 2.24) is 5.32 Å². The fraction of sp³-hybridized carbons (Fsp3) is 0.600. The number of rotatable bonds is 6. The molecule has 1 aromatic carbocycles. The van der Waals surface area contributed by atoms with Crippen molar-refractivity contribution in [2.75, 3.05) is 51.7 Å². The van der Waals surface area contributed by atoms with E-state index >= 15 is 0 Å². The maximum Gasteiger partial charge on any atom is 0.279 e. The van der Waals surface area contributed by atoms with E-state index in [1.54, 1.807) is 7.11 Å². The van der Waals surface area contributed by atoms with Gasteiger partial charge >= 0.3 is 0 Å². The van der Waals surface area contributed by atoms with Gasteiger partial charge in [0, 0.05) is 23.7 Å². The van der Waals surface area contributed by atoms with Gasteiger partial charge in [-0.15, -0.1) is 0 Å². The van der Waals surface area contributed by atoms with Gasteiger partial charge in [-0.3, -0.25) is 9.59 Å². The summed E-state index contributed by atoms with van der Waals surface area (Å²) in [5.41, 5.74) is 0.553. The highest BCUT2D eigenvalue weighted by Gasteiger charge is 2.25. The summed E-state index contributed by atoms with van der Waals surface area (Å²) in [5, 5.41) is 5.97. The standard InChI is InChI=1S/C20H32N4O3/c1-20(2,3)22-19(26)15-24-10-6-9-23(11-12-24)14-18(25)21-16-7-5-8-17(13-16)27-4/h5,7-8,13H,6,9-12,14-15H2,1-4H3,(H,21,25)(H,22,26)/p+2. The van der Waals surface area contributed by atoms with Gasteiger partial charge in [0.05, 0.1) is 20.2 Å². The van der Waals surface area contributed by atoms with Gasteiger partial charge in [0.2, 0.25) is 0 Å². The number of methoxy groups -OCH3 is 1. The number of hydrogen-bond donors (Lipinski definition) is 4. The smallest absolute Gasteiger partial charge is 0.279 e. The Bertz CT molecular complexity index is 642. The summed E-state index contributed by atoms with van der Waals surface area (Å²) in [6.07, 6.45) is 1.01. The summed E-state index contributed by atoms with van der Waals surface area (Å²) >= 11 is 0. The van der Waals surface area contributed by atoms with E-state index in [9.17, 15) is 9.59 Å². The predicted octanol–water partition coefficient (Wildman–Crippen LogP) is -1.28. The Morgan fingerprint density at radius 3 is 2.26 bits per heavy atom. The van der Waals surface area contributed by atoms with Gasteiger partial charge in [-0.1, -0.05) is 6.07 Å². The van der Waals surface area contributed by atoms with E-state index in [1.807, 2.05) is 45.0 Å². The number of ether oxygens (including phenoxy) is 1. The summed E-state index contributed by atoms with van der Waals surface area (Å²) in [5.74, 6) is 0.826. The Hall–Kier alpha value is -2.12. The lowest BCUT2D eigenvalue weighted by atomic mass is 10.1. The zero-order valence-corrected chi connectivity index (χ0v) is 17.0. The molecule has 0 saturated carbocycles. The largest absolute Gasteiger partial charge is 0.497 e. The van der Waals surface area contributed by atoms with Gasteiger partial charge in [-0.05, 0) is 32.9 Å². The number of carbonyl (C=O) groups excluding carboxylic acids is 2. The van der Waals surface area contributed by atoms with Crippen LogP contribution < -0.4 is 25.2 Å². The zero-order valence-electron chi connectivity index (χ0n) is 17.0. The molecule has 1 saturated heterocycles. The van der Waals surface area contributed by atoms with Crippen LogP contribution in [0.15, 0.2) is 24.3 Å². The van der Waals surface area contributed by atoms with Crippen LogP contribution in [-0.4, -0.2) is 63.7 Å². The lowest BCUT2D eigenvalue weighted by molar-refractivity contribution is -0.930. The van der Waals surface area contributed by atoms with E-state index in [1.165, 1.54) is 9.80 Å². The number of carbonyl (C=O) groups is 2. The number of nitrogens with one attached hydrogen (secondary N) is 4. The minimum absolute atomic E-state index is 0.00665. The highest BCUT2D eigenvalue weighted by molar-refractivity contribution is 5.91. The number of quaternary nitrogens is 2. The van der Waals surface area contributed by atoms with Crippen LogP contribution in [0, 0.1) is 0 Å². The molecule has 1 fully saturated rings. The highest BCUT2D eigenvalue weighted by atomic mass is 16.5. The van der Waals surface area contributed by atoms with E-state index in [-0.39, 0.29) is 17.4 Å². The first-order valence-corrected chi connectivity index (χ1v) is 9.67. The van der Waals surface area contributed by atoms with Gasteiger partial charge in [0.15, 0.2) is 13.1 Å². The van der Waals surface area contributed by atoms with Crippen LogP contribution in [0.3, 0.4) is 0 Å². The van der Waals surface area contributed by atoms with Crippen molar-refractivity contribution < 1.29 is 24.1 Å². The summed E-state index contributed by atoms with van der Waals surface area (Å²) in [7, 11) is 1.61. The Balaban J connectivity index is 1.78. The number of anilines is 1. The van der Waals surface area contributed by atoms with Gasteiger partial charge < -0.3 is 25.2 Å². The first-order chi connectivity index (χ1) is 12.7. The Morgan fingerprint density at radius 2 is 1.67 bits per heavy atom. The van der Waals surface area contributed by atoms with Crippen molar-refractivity contribution in [1.29, 1.82) is 0 Å². The number of amides is 2. The van der Waals surface area contributed by atoms with Crippen LogP contribution in [-0.2, 0) is 9.59 Å². The van der Waals surface area contributed by atoms with Gasteiger partial charge in [0.25, 0.3) is 11.8 Å². The molecular formula is C20H34N4O3+2. The molecule has 0 aliphatic carbocycles. The van der Waals surface area contributed by atoms with Crippen molar-refractivity contribution in [3.63, 3.8) is 0 Å². The van der Waals surface area contributed by atoms with Crippen molar-refractivity contribution in [2.45, 2.75) is 32.7 Å². The van der Waals surface area contributed by atoms with Crippen LogP contribution >= 0.6 is 0 Å². The molecule has 2 atom stereocenters. The second-order valence-corrected chi connectivity index (χ2v) is 8.29. The normalized spacial score (nSPS) is 20.4. The van der Waals surface area contributed by atoms with Crippen LogP contribution in [0.2, 0.25) is 0 Å². The third kappa shape index (κ3) is 7.97. The summed E-state index contributed by atoms with van der Waals surface area (Å²) in [6.45, 7) is 10.6. The molecule has 0 radical (unpaired) electrons. The maximum atomic E-state index is 12.4. The lowest BCUT2D eigenvalue weighted by Gasteiger charge is -2.22. The molecule has 150 valence electrons. The van der Waals surface area contributed by atoms with Crippen LogP contribution in [0.5, 0.6) is 5.75 Å². The number of benzene rings is 1. The Kier molecular flexibility index (Phi) is 7.62. The first kappa shape index (κ1) is 21.2. The molecular weight excluding hydrogens is 344 g/mol. The molecule has 0 bridgehead atoms. The second-order valence-electron chi connectivity index (χ2n) is 8.29. The Morgan fingerprint density at radius 1 is 1.04 bits per heavy atom. The third-order valence-electron chi connectivity index (χ3n) is 4.58. The monoisotopic (exact) mass is 378 g/mol. The topological polar surface area (TPSA) is 76.3 Å². The van der Waals surface area contributed by atoms with Crippen LogP contribution in [0.25, 0.3) is 0 Å². The molecule has 1 aliphatic heterocycles. The van der Waals surface area contributed by atoms with Crippen molar-refractivity contribution in [3.05, 3.63) is 24.3 Å². The molecule has 0 spiro atoms. The Labute approximate surface area is 162 Å². The molecule has 4 N–H and O–H groups in total. The summed E-state index contributed by atoms with van der Waals surface area (Å²) in [6, 6.07) is 7.38. The second kappa shape index (κ2) is 9.71. The fourth-order valence-corrected chi connectivity index (χ4v) is 3.37. The first-order valence-electron chi connectivity index (χ1n) is 9.67. The molecule has 2 amide bonds. The van der Waals surface area contributed by atoms with E-state index < -0.39 is 0 Å². The van der Waals surface area contributed by atoms with E-state index in [0.29, 0.717) is 13.1 Å². The van der Waals surface area contributed by atoms with E-state index in [2.05, 4.69) is 10.6 Å².